The van der Waals surface area contributed by atoms with Gasteiger partial charge in [0.2, 0.25) is 5.90 Å². The lowest BCUT2D eigenvalue weighted by Gasteiger charge is -2.05. The molecule has 0 amide bonds. The van der Waals surface area contributed by atoms with Crippen LogP contribution in [0.15, 0.2) is 89.1 Å². The van der Waals surface area contributed by atoms with E-state index in [0.717, 1.165) is 22.3 Å². The molecule has 0 aliphatic carbocycles. The molecule has 0 atom stereocenters. The average molecular weight is 358 g/mol. The first-order valence-electron chi connectivity index (χ1n) is 8.31. The van der Waals surface area contributed by atoms with Crippen LogP contribution in [-0.2, 0) is 4.74 Å². The lowest BCUT2D eigenvalue weighted by molar-refractivity contribution is 0.0697. The number of aromatic carboxylic acids is 1. The molecule has 0 saturated heterocycles. The van der Waals surface area contributed by atoms with E-state index >= 15 is 0 Å². The minimum Gasteiger partial charge on any atom is -0.479 e. The quantitative estimate of drug-likeness (QED) is 0.415. The van der Waals surface area contributed by atoms with Gasteiger partial charge in [0.1, 0.15) is 0 Å². The highest BCUT2D eigenvalue weighted by Crippen LogP contribution is 2.19. The highest BCUT2D eigenvalue weighted by atomic mass is 16.5. The van der Waals surface area contributed by atoms with Gasteiger partial charge in [-0.1, -0.05) is 54.6 Å². The van der Waals surface area contributed by atoms with Crippen molar-refractivity contribution >= 4 is 18.1 Å². The molecule has 3 aromatic rings. The SMILES string of the molecule is CO/C(=N\N=C\c1ccc(C(=O)O)cc1)c1ccc(-c2ccccc2)cc1. The molecule has 3 aromatic carbocycles. The first kappa shape index (κ1) is 18.1. The number of carboxylic acids is 1. The maximum Gasteiger partial charge on any atom is 0.335 e. The van der Waals surface area contributed by atoms with Gasteiger partial charge in [-0.2, -0.15) is 5.10 Å². The Balaban J connectivity index is 1.75. The number of nitrogens with zero attached hydrogens (tertiary/aromatic N) is 2. The van der Waals surface area contributed by atoms with Crippen molar-refractivity contribution in [3.8, 4) is 11.1 Å². The summed E-state index contributed by atoms with van der Waals surface area (Å²) in [5.41, 5.74) is 4.04. The van der Waals surface area contributed by atoms with Crippen LogP contribution in [0.25, 0.3) is 11.1 Å². The molecule has 5 nitrogen and oxygen atoms in total. The summed E-state index contributed by atoms with van der Waals surface area (Å²) in [5, 5.41) is 17.1. The summed E-state index contributed by atoms with van der Waals surface area (Å²) in [7, 11) is 1.54. The molecule has 5 heteroatoms. The normalized spacial score (nSPS) is 11.5. The zero-order valence-corrected chi connectivity index (χ0v) is 14.7. The molecule has 0 aromatic heterocycles. The van der Waals surface area contributed by atoms with Crippen LogP contribution in [0, 0.1) is 0 Å². The Morgan fingerprint density at radius 2 is 1.44 bits per heavy atom. The summed E-state index contributed by atoms with van der Waals surface area (Å²) in [6.45, 7) is 0. The summed E-state index contributed by atoms with van der Waals surface area (Å²) in [4.78, 5) is 10.9. The van der Waals surface area contributed by atoms with Crippen molar-refractivity contribution in [1.82, 2.24) is 0 Å². The standard InChI is InChI=1S/C22H18N2O3/c1-27-21(24-23-15-16-7-9-20(10-8-16)22(25)26)19-13-11-18(12-14-19)17-5-3-2-4-6-17/h2-15H,1H3,(H,25,26)/b23-15+,24-21-. The zero-order chi connectivity index (χ0) is 19.1. The Morgan fingerprint density at radius 1 is 0.852 bits per heavy atom. The van der Waals surface area contributed by atoms with Crippen molar-refractivity contribution in [2.75, 3.05) is 7.11 Å². The summed E-state index contributed by atoms with van der Waals surface area (Å²) >= 11 is 0. The first-order valence-corrected chi connectivity index (χ1v) is 8.31. The van der Waals surface area contributed by atoms with Crippen LogP contribution in [-0.4, -0.2) is 30.3 Å². The van der Waals surface area contributed by atoms with Crippen LogP contribution < -0.4 is 0 Å². The Bertz CT molecular complexity index is 961. The third-order valence-electron chi connectivity index (χ3n) is 3.95. The van der Waals surface area contributed by atoms with Crippen LogP contribution in [0.5, 0.6) is 0 Å². The Morgan fingerprint density at radius 3 is 2.04 bits per heavy atom. The fraction of sp³-hybridized carbons (Fsp3) is 0.0455. The third-order valence-corrected chi connectivity index (χ3v) is 3.95. The molecule has 0 saturated carbocycles. The van der Waals surface area contributed by atoms with E-state index < -0.39 is 5.97 Å². The molecule has 0 unspecified atom stereocenters. The van der Waals surface area contributed by atoms with Crippen LogP contribution >= 0.6 is 0 Å². The lowest BCUT2D eigenvalue weighted by atomic mass is 10.0. The van der Waals surface area contributed by atoms with Gasteiger partial charge in [-0.3, -0.25) is 0 Å². The minimum atomic E-state index is -0.961. The highest BCUT2D eigenvalue weighted by molar-refractivity contribution is 5.95. The largest absolute Gasteiger partial charge is 0.479 e. The van der Waals surface area contributed by atoms with E-state index in [9.17, 15) is 4.79 Å². The molecular weight excluding hydrogens is 340 g/mol. The maximum absolute atomic E-state index is 10.9. The molecule has 1 N–H and O–H groups in total. The van der Waals surface area contributed by atoms with Gasteiger partial charge in [0, 0.05) is 5.56 Å². The molecule has 0 bridgehead atoms. The van der Waals surface area contributed by atoms with Gasteiger partial charge in [0.25, 0.3) is 0 Å². The average Bonchev–Trinajstić information content (AvgIpc) is 2.72. The van der Waals surface area contributed by atoms with Crippen molar-refractivity contribution in [2.45, 2.75) is 0 Å². The van der Waals surface area contributed by atoms with Gasteiger partial charge in [0.15, 0.2) is 0 Å². The minimum absolute atomic E-state index is 0.228. The molecule has 0 spiro atoms. The predicted octanol–water partition coefficient (Wildman–Crippen LogP) is 4.48. The molecular formula is C22H18N2O3. The number of hydrogen-bond acceptors (Lipinski definition) is 4. The molecule has 3 rings (SSSR count). The second-order valence-electron chi connectivity index (χ2n) is 5.72. The number of benzene rings is 3. The van der Waals surface area contributed by atoms with Crippen LogP contribution in [0.2, 0.25) is 0 Å². The molecule has 0 radical (unpaired) electrons. The maximum atomic E-state index is 10.9. The van der Waals surface area contributed by atoms with Gasteiger partial charge in [-0.25, -0.2) is 4.79 Å². The summed E-state index contributed by atoms with van der Waals surface area (Å²) < 4.78 is 5.33. The van der Waals surface area contributed by atoms with Crippen molar-refractivity contribution in [3.05, 3.63) is 95.6 Å². The lowest BCUT2D eigenvalue weighted by Crippen LogP contribution is -2.02. The third kappa shape index (κ3) is 4.67. The fourth-order valence-electron chi connectivity index (χ4n) is 2.51. The topological polar surface area (TPSA) is 71.2 Å². The van der Waals surface area contributed by atoms with Crippen LogP contribution in [0.1, 0.15) is 21.5 Å². The van der Waals surface area contributed by atoms with E-state index in [0.29, 0.717) is 5.90 Å². The number of rotatable bonds is 5. The van der Waals surface area contributed by atoms with E-state index in [1.165, 1.54) is 12.1 Å². The van der Waals surface area contributed by atoms with Gasteiger partial charge in [0.05, 0.1) is 18.9 Å². The van der Waals surface area contributed by atoms with E-state index in [1.54, 1.807) is 25.5 Å². The molecule has 27 heavy (non-hydrogen) atoms. The van der Waals surface area contributed by atoms with Gasteiger partial charge >= 0.3 is 5.97 Å². The predicted molar refractivity (Wildman–Crippen MR) is 106 cm³/mol. The summed E-state index contributed by atoms with van der Waals surface area (Å²) in [6.07, 6.45) is 1.54. The van der Waals surface area contributed by atoms with E-state index in [1.807, 2.05) is 42.5 Å². The fourth-order valence-corrected chi connectivity index (χ4v) is 2.51. The number of carboxylic acid groups (broad SMARTS) is 1. The van der Waals surface area contributed by atoms with Crippen molar-refractivity contribution in [2.24, 2.45) is 10.2 Å². The Kier molecular flexibility index (Phi) is 5.74. The zero-order valence-electron chi connectivity index (χ0n) is 14.7. The number of ether oxygens (including phenoxy) is 1. The van der Waals surface area contributed by atoms with Crippen molar-refractivity contribution in [3.63, 3.8) is 0 Å². The van der Waals surface area contributed by atoms with Gasteiger partial charge < -0.3 is 9.84 Å². The second kappa shape index (κ2) is 8.58. The van der Waals surface area contributed by atoms with Gasteiger partial charge in [-0.05, 0) is 41.0 Å². The molecule has 0 heterocycles. The summed E-state index contributed by atoms with van der Waals surface area (Å²) in [5.74, 6) is -0.565. The van der Waals surface area contributed by atoms with E-state index in [2.05, 4.69) is 22.3 Å². The van der Waals surface area contributed by atoms with Crippen LogP contribution in [0.4, 0.5) is 0 Å². The molecule has 0 aliphatic rings. The number of carbonyl (C=O) groups is 1. The monoisotopic (exact) mass is 358 g/mol. The smallest absolute Gasteiger partial charge is 0.335 e. The molecule has 0 fully saturated rings. The van der Waals surface area contributed by atoms with Crippen molar-refractivity contribution < 1.29 is 14.6 Å². The van der Waals surface area contributed by atoms with E-state index in [4.69, 9.17) is 9.84 Å². The number of hydrogen-bond donors (Lipinski definition) is 1. The Hall–Kier alpha value is -3.73. The highest BCUT2D eigenvalue weighted by Gasteiger charge is 2.04. The van der Waals surface area contributed by atoms with Crippen LogP contribution in [0.3, 0.4) is 0 Å². The molecule has 0 aliphatic heterocycles. The van der Waals surface area contributed by atoms with Crippen molar-refractivity contribution in [1.29, 1.82) is 0 Å². The van der Waals surface area contributed by atoms with E-state index in [-0.39, 0.29) is 5.56 Å². The Labute approximate surface area is 157 Å². The molecule has 134 valence electrons. The summed E-state index contributed by atoms with van der Waals surface area (Å²) in [6, 6.07) is 24.4. The second-order valence-corrected chi connectivity index (χ2v) is 5.72. The first-order chi connectivity index (χ1) is 13.2. The number of methoxy groups -OCH3 is 1. The van der Waals surface area contributed by atoms with Gasteiger partial charge in [-0.15, -0.1) is 5.10 Å².